The lowest BCUT2D eigenvalue weighted by atomic mass is 10.1. The first kappa shape index (κ1) is 18.5. The summed E-state index contributed by atoms with van der Waals surface area (Å²) in [6.45, 7) is 0.560. The molecule has 1 atom stereocenters. The highest BCUT2D eigenvalue weighted by Crippen LogP contribution is 2.25. The zero-order valence-corrected chi connectivity index (χ0v) is 15.2. The Bertz CT molecular complexity index is 863. The van der Waals surface area contributed by atoms with Gasteiger partial charge in [-0.2, -0.15) is 4.31 Å². The number of benzene rings is 1. The Morgan fingerprint density at radius 2 is 1.96 bits per heavy atom. The average molecular weight is 381 g/mol. The number of sulfonamides is 1. The van der Waals surface area contributed by atoms with Gasteiger partial charge in [0.15, 0.2) is 0 Å². The lowest BCUT2D eigenvalue weighted by Gasteiger charge is -2.32. The van der Waals surface area contributed by atoms with E-state index in [1.165, 1.54) is 42.0 Å². The van der Waals surface area contributed by atoms with Gasteiger partial charge in [0, 0.05) is 24.5 Å². The van der Waals surface area contributed by atoms with E-state index in [1.807, 2.05) is 0 Å². The summed E-state index contributed by atoms with van der Waals surface area (Å²) in [6.07, 6.45) is 3.92. The van der Waals surface area contributed by atoms with E-state index < -0.39 is 15.8 Å². The molecule has 9 heteroatoms. The number of rotatable bonds is 6. The van der Waals surface area contributed by atoms with Crippen molar-refractivity contribution in [3.63, 3.8) is 0 Å². The maximum atomic E-state index is 13.8. The first-order valence-electron chi connectivity index (χ1n) is 8.22. The van der Waals surface area contributed by atoms with Gasteiger partial charge in [0.2, 0.25) is 10.0 Å². The molecule has 1 aromatic carbocycles. The van der Waals surface area contributed by atoms with Crippen LogP contribution in [0.2, 0.25) is 0 Å². The van der Waals surface area contributed by atoms with Gasteiger partial charge in [-0.05, 0) is 18.9 Å². The smallest absolute Gasteiger partial charge is 0.278 e. The standard InChI is InChI=1S/C17H20FN3O4S/c1-24-16-17(20-9-8-19-16)25-14-6-4-10-21(11-14)26(22,23)12-13-5-2-3-7-15(13)18/h2-3,5,7-9,14H,4,6,10-12H2,1H3. The molecule has 1 aromatic heterocycles. The number of aromatic nitrogens is 2. The molecular formula is C17H20FN3O4S. The summed E-state index contributed by atoms with van der Waals surface area (Å²) in [4.78, 5) is 8.10. The second-order valence-electron chi connectivity index (χ2n) is 5.96. The third-order valence-electron chi connectivity index (χ3n) is 4.13. The lowest BCUT2D eigenvalue weighted by molar-refractivity contribution is 0.119. The van der Waals surface area contributed by atoms with E-state index in [1.54, 1.807) is 6.07 Å². The molecule has 2 aromatic rings. The monoisotopic (exact) mass is 381 g/mol. The summed E-state index contributed by atoms with van der Waals surface area (Å²) >= 11 is 0. The normalized spacial score (nSPS) is 18.5. The maximum absolute atomic E-state index is 13.8. The van der Waals surface area contributed by atoms with Crippen LogP contribution in [0, 0.1) is 5.82 Å². The van der Waals surface area contributed by atoms with Crippen molar-refractivity contribution in [2.24, 2.45) is 0 Å². The number of hydrogen-bond donors (Lipinski definition) is 0. The van der Waals surface area contributed by atoms with Gasteiger partial charge in [0.25, 0.3) is 11.8 Å². The molecule has 7 nitrogen and oxygen atoms in total. The highest BCUT2D eigenvalue weighted by molar-refractivity contribution is 7.88. The molecule has 0 aliphatic carbocycles. The molecule has 1 unspecified atom stereocenters. The molecule has 2 heterocycles. The van der Waals surface area contributed by atoms with Crippen LogP contribution in [-0.4, -0.2) is 49.0 Å². The Labute approximate surface area is 151 Å². The molecule has 1 aliphatic rings. The summed E-state index contributed by atoms with van der Waals surface area (Å²) in [5, 5.41) is 0. The molecule has 140 valence electrons. The molecule has 0 saturated carbocycles. The molecule has 26 heavy (non-hydrogen) atoms. The van der Waals surface area contributed by atoms with Crippen LogP contribution in [0.15, 0.2) is 36.7 Å². The van der Waals surface area contributed by atoms with Crippen LogP contribution in [0.3, 0.4) is 0 Å². The maximum Gasteiger partial charge on any atom is 0.278 e. The average Bonchev–Trinajstić information content (AvgIpc) is 2.64. The van der Waals surface area contributed by atoms with Crippen LogP contribution in [0.5, 0.6) is 11.8 Å². The second-order valence-corrected chi connectivity index (χ2v) is 7.93. The Morgan fingerprint density at radius 3 is 2.69 bits per heavy atom. The van der Waals surface area contributed by atoms with E-state index in [0.717, 1.165) is 0 Å². The van der Waals surface area contributed by atoms with Crippen molar-refractivity contribution in [1.82, 2.24) is 14.3 Å². The Balaban J connectivity index is 1.70. The minimum atomic E-state index is -3.65. The number of hydrogen-bond acceptors (Lipinski definition) is 6. The summed E-state index contributed by atoms with van der Waals surface area (Å²) in [7, 11) is -2.19. The molecule has 0 bridgehead atoms. The topological polar surface area (TPSA) is 81.6 Å². The second kappa shape index (κ2) is 7.96. The zero-order chi connectivity index (χ0) is 18.6. The highest BCUT2D eigenvalue weighted by atomic mass is 32.2. The van der Waals surface area contributed by atoms with E-state index in [-0.39, 0.29) is 35.7 Å². The van der Waals surface area contributed by atoms with Gasteiger partial charge in [-0.1, -0.05) is 18.2 Å². The van der Waals surface area contributed by atoms with E-state index in [0.29, 0.717) is 19.4 Å². The van der Waals surface area contributed by atoms with Crippen LogP contribution < -0.4 is 9.47 Å². The van der Waals surface area contributed by atoms with Crippen LogP contribution >= 0.6 is 0 Å². The van der Waals surface area contributed by atoms with Gasteiger partial charge >= 0.3 is 0 Å². The highest BCUT2D eigenvalue weighted by Gasteiger charge is 2.31. The van der Waals surface area contributed by atoms with Crippen molar-refractivity contribution in [2.45, 2.75) is 24.7 Å². The predicted molar refractivity (Wildman–Crippen MR) is 92.8 cm³/mol. The summed E-state index contributed by atoms with van der Waals surface area (Å²) in [5.41, 5.74) is 0.158. The summed E-state index contributed by atoms with van der Waals surface area (Å²) < 4.78 is 51.4. The van der Waals surface area contributed by atoms with Crippen molar-refractivity contribution in [1.29, 1.82) is 0 Å². The van der Waals surface area contributed by atoms with Crippen molar-refractivity contribution < 1.29 is 22.3 Å². The van der Waals surface area contributed by atoms with Crippen LogP contribution in [0.4, 0.5) is 4.39 Å². The van der Waals surface area contributed by atoms with Gasteiger partial charge in [-0.15, -0.1) is 0 Å². The fourth-order valence-electron chi connectivity index (χ4n) is 2.85. The molecule has 1 aliphatic heterocycles. The van der Waals surface area contributed by atoms with E-state index in [4.69, 9.17) is 9.47 Å². The van der Waals surface area contributed by atoms with Gasteiger partial charge < -0.3 is 9.47 Å². The first-order chi connectivity index (χ1) is 12.5. The Kier molecular flexibility index (Phi) is 5.67. The Morgan fingerprint density at radius 1 is 1.23 bits per heavy atom. The molecule has 0 amide bonds. The van der Waals surface area contributed by atoms with Gasteiger partial charge in [-0.25, -0.2) is 22.8 Å². The lowest BCUT2D eigenvalue weighted by Crippen LogP contribution is -2.44. The minimum absolute atomic E-state index is 0.158. The van der Waals surface area contributed by atoms with Crippen molar-refractivity contribution in [3.05, 3.63) is 48.0 Å². The summed E-state index contributed by atoms with van der Waals surface area (Å²) in [5.74, 6) is -0.418. The SMILES string of the molecule is COc1nccnc1OC1CCCN(S(=O)(=O)Cc2ccccc2F)C1. The van der Waals surface area contributed by atoms with Gasteiger partial charge in [-0.3, -0.25) is 0 Å². The number of ether oxygens (including phenoxy) is 2. The molecule has 1 fully saturated rings. The van der Waals surface area contributed by atoms with Crippen LogP contribution in [0.25, 0.3) is 0 Å². The van der Waals surface area contributed by atoms with E-state index >= 15 is 0 Å². The minimum Gasteiger partial charge on any atom is -0.477 e. The first-order valence-corrected chi connectivity index (χ1v) is 9.83. The Hall–Kier alpha value is -2.26. The quantitative estimate of drug-likeness (QED) is 0.761. The number of halogens is 1. The van der Waals surface area contributed by atoms with Crippen LogP contribution in [-0.2, 0) is 15.8 Å². The fourth-order valence-corrected chi connectivity index (χ4v) is 4.46. The van der Waals surface area contributed by atoms with Gasteiger partial charge in [0.05, 0.1) is 19.4 Å². The number of nitrogens with zero attached hydrogens (tertiary/aromatic N) is 3. The third kappa shape index (κ3) is 4.28. The predicted octanol–water partition coefficient (Wildman–Crippen LogP) is 2.00. The molecular weight excluding hydrogens is 361 g/mol. The van der Waals surface area contributed by atoms with Gasteiger partial charge in [0.1, 0.15) is 11.9 Å². The molecule has 0 spiro atoms. The number of methoxy groups -OCH3 is 1. The van der Waals surface area contributed by atoms with Crippen molar-refractivity contribution in [2.75, 3.05) is 20.2 Å². The van der Waals surface area contributed by atoms with E-state index in [2.05, 4.69) is 9.97 Å². The van der Waals surface area contributed by atoms with Crippen LogP contribution in [0.1, 0.15) is 18.4 Å². The van der Waals surface area contributed by atoms with Crippen molar-refractivity contribution >= 4 is 10.0 Å². The third-order valence-corrected chi connectivity index (χ3v) is 5.93. The largest absolute Gasteiger partial charge is 0.477 e. The molecule has 0 N–H and O–H groups in total. The zero-order valence-electron chi connectivity index (χ0n) is 14.3. The summed E-state index contributed by atoms with van der Waals surface area (Å²) in [6, 6.07) is 5.89. The number of piperidine rings is 1. The van der Waals surface area contributed by atoms with E-state index in [9.17, 15) is 12.8 Å². The molecule has 3 rings (SSSR count). The molecule has 1 saturated heterocycles. The fraction of sp³-hybridized carbons (Fsp3) is 0.412. The van der Waals surface area contributed by atoms with Crippen molar-refractivity contribution in [3.8, 4) is 11.8 Å². The molecule has 0 radical (unpaired) electrons.